The van der Waals surface area contributed by atoms with Crippen LogP contribution in [0.5, 0.6) is 0 Å². The van der Waals surface area contributed by atoms with Crippen LogP contribution in [0.4, 0.5) is 5.00 Å². The van der Waals surface area contributed by atoms with E-state index in [1.165, 1.54) is 11.3 Å². The van der Waals surface area contributed by atoms with Crippen LogP contribution in [0.2, 0.25) is 0 Å². The molecular formula is C22H30N2O4S. The van der Waals surface area contributed by atoms with E-state index in [0.29, 0.717) is 29.3 Å². The topological polar surface area (TPSA) is 109 Å². The minimum Gasteiger partial charge on any atom is -0.481 e. The van der Waals surface area contributed by atoms with E-state index in [1.54, 1.807) is 6.08 Å². The number of carbonyl (C=O) groups is 3. The molecule has 2 aliphatic carbocycles. The molecule has 0 fully saturated rings. The van der Waals surface area contributed by atoms with Crippen molar-refractivity contribution in [1.29, 1.82) is 0 Å². The standard InChI is InChI=1S/C22H30N2O4S/c1-4-22(2,3)12-9-10-15-16(11-12)29-20(17(15)18(23)25)24-19(26)13-7-5-6-8-14(13)21(27)28/h5-6,12-14H,4,7-11H2,1-3H3,(H2,23,25)(H,24,26)(H,27,28)/t12-,13+,14+/m1/s1. The van der Waals surface area contributed by atoms with E-state index < -0.39 is 23.7 Å². The van der Waals surface area contributed by atoms with E-state index in [1.807, 2.05) is 6.08 Å². The molecule has 0 aliphatic heterocycles. The monoisotopic (exact) mass is 418 g/mol. The summed E-state index contributed by atoms with van der Waals surface area (Å²) in [5.74, 6) is -2.74. The third-order valence-corrected chi connectivity index (χ3v) is 8.02. The molecule has 1 heterocycles. The van der Waals surface area contributed by atoms with Crippen LogP contribution in [0.15, 0.2) is 12.2 Å². The predicted octanol–water partition coefficient (Wildman–Crippen LogP) is 3.99. The summed E-state index contributed by atoms with van der Waals surface area (Å²) in [5.41, 5.74) is 7.24. The number of carbonyl (C=O) groups excluding carboxylic acids is 2. The number of rotatable bonds is 6. The Morgan fingerprint density at radius 2 is 1.90 bits per heavy atom. The summed E-state index contributed by atoms with van der Waals surface area (Å²) in [5, 5.41) is 12.8. The van der Waals surface area contributed by atoms with Gasteiger partial charge < -0.3 is 16.2 Å². The summed E-state index contributed by atoms with van der Waals surface area (Å²) >= 11 is 1.42. The Bertz CT molecular complexity index is 855. The third kappa shape index (κ3) is 4.25. The molecule has 2 aliphatic rings. The molecule has 1 aromatic rings. The van der Waals surface area contributed by atoms with Gasteiger partial charge in [0, 0.05) is 4.88 Å². The van der Waals surface area contributed by atoms with Crippen molar-refractivity contribution in [2.45, 2.75) is 59.3 Å². The highest BCUT2D eigenvalue weighted by molar-refractivity contribution is 7.17. The first-order valence-corrected chi connectivity index (χ1v) is 11.1. The normalized spacial score (nSPS) is 24.0. The number of carboxylic acid groups (broad SMARTS) is 1. The molecule has 0 spiro atoms. The van der Waals surface area contributed by atoms with Crippen LogP contribution in [-0.4, -0.2) is 22.9 Å². The summed E-state index contributed by atoms with van der Waals surface area (Å²) in [4.78, 5) is 37.7. The minimum atomic E-state index is -0.972. The van der Waals surface area contributed by atoms with E-state index in [0.717, 1.165) is 36.1 Å². The second-order valence-corrected chi connectivity index (χ2v) is 9.94. The van der Waals surface area contributed by atoms with Gasteiger partial charge in [0.15, 0.2) is 0 Å². The molecule has 0 aromatic carbocycles. The van der Waals surface area contributed by atoms with E-state index in [2.05, 4.69) is 26.1 Å². The first-order chi connectivity index (χ1) is 13.7. The van der Waals surface area contributed by atoms with Crippen LogP contribution in [0.1, 0.15) is 67.3 Å². The lowest BCUT2D eigenvalue weighted by Crippen LogP contribution is -2.35. The van der Waals surface area contributed by atoms with Gasteiger partial charge in [0.05, 0.1) is 17.4 Å². The number of nitrogens with one attached hydrogen (secondary N) is 1. The smallest absolute Gasteiger partial charge is 0.307 e. The zero-order valence-corrected chi connectivity index (χ0v) is 18.1. The van der Waals surface area contributed by atoms with Crippen molar-refractivity contribution >= 4 is 34.1 Å². The van der Waals surface area contributed by atoms with Crippen LogP contribution in [-0.2, 0) is 22.4 Å². The number of carboxylic acids is 1. The van der Waals surface area contributed by atoms with Gasteiger partial charge in [-0.05, 0) is 49.0 Å². The highest BCUT2D eigenvalue weighted by atomic mass is 32.1. The predicted molar refractivity (Wildman–Crippen MR) is 114 cm³/mol. The van der Waals surface area contributed by atoms with Crippen LogP contribution in [0.3, 0.4) is 0 Å². The Morgan fingerprint density at radius 1 is 1.24 bits per heavy atom. The fraction of sp³-hybridized carbons (Fsp3) is 0.591. The van der Waals surface area contributed by atoms with E-state index in [9.17, 15) is 19.5 Å². The molecule has 0 bridgehead atoms. The molecule has 2 amide bonds. The first kappa shape index (κ1) is 21.6. The van der Waals surface area contributed by atoms with Crippen molar-refractivity contribution in [3.63, 3.8) is 0 Å². The van der Waals surface area contributed by atoms with Crippen molar-refractivity contribution in [2.24, 2.45) is 28.9 Å². The number of hydrogen-bond acceptors (Lipinski definition) is 4. The number of allylic oxidation sites excluding steroid dienone is 2. The van der Waals surface area contributed by atoms with Crippen molar-refractivity contribution in [2.75, 3.05) is 5.32 Å². The number of fused-ring (bicyclic) bond motifs is 1. The van der Waals surface area contributed by atoms with Crippen LogP contribution < -0.4 is 11.1 Å². The number of aliphatic carboxylic acids is 1. The maximum absolute atomic E-state index is 12.9. The Morgan fingerprint density at radius 3 is 2.48 bits per heavy atom. The molecule has 29 heavy (non-hydrogen) atoms. The minimum absolute atomic E-state index is 0.209. The van der Waals surface area contributed by atoms with Crippen molar-refractivity contribution < 1.29 is 19.5 Å². The highest BCUT2D eigenvalue weighted by Gasteiger charge is 2.37. The first-order valence-electron chi connectivity index (χ1n) is 10.3. The van der Waals surface area contributed by atoms with Crippen molar-refractivity contribution in [1.82, 2.24) is 0 Å². The molecule has 0 radical (unpaired) electrons. The van der Waals surface area contributed by atoms with Gasteiger partial charge in [-0.2, -0.15) is 0 Å². The second kappa shape index (κ2) is 8.30. The molecule has 1 aromatic heterocycles. The van der Waals surface area contributed by atoms with Gasteiger partial charge in [-0.25, -0.2) is 0 Å². The molecule has 3 atom stereocenters. The summed E-state index contributed by atoms with van der Waals surface area (Å²) < 4.78 is 0. The fourth-order valence-corrected chi connectivity index (χ4v) is 5.81. The van der Waals surface area contributed by atoms with Gasteiger partial charge in [0.2, 0.25) is 5.91 Å². The molecule has 4 N–H and O–H groups in total. The van der Waals surface area contributed by atoms with Crippen LogP contribution in [0, 0.1) is 23.2 Å². The Kier molecular flexibility index (Phi) is 6.17. The fourth-order valence-electron chi connectivity index (χ4n) is 4.47. The van der Waals surface area contributed by atoms with Gasteiger partial charge >= 0.3 is 5.97 Å². The zero-order valence-electron chi connectivity index (χ0n) is 17.3. The highest BCUT2D eigenvalue weighted by Crippen LogP contribution is 2.45. The van der Waals surface area contributed by atoms with Gasteiger partial charge in [-0.15, -0.1) is 11.3 Å². The quantitative estimate of drug-likeness (QED) is 0.607. The number of hydrogen-bond donors (Lipinski definition) is 3. The molecule has 0 saturated carbocycles. The van der Waals surface area contributed by atoms with Crippen LogP contribution >= 0.6 is 11.3 Å². The lowest BCUT2D eigenvalue weighted by atomic mass is 9.69. The van der Waals surface area contributed by atoms with E-state index >= 15 is 0 Å². The zero-order chi connectivity index (χ0) is 21.3. The second-order valence-electron chi connectivity index (χ2n) is 8.84. The molecule has 158 valence electrons. The Hall–Kier alpha value is -2.15. The van der Waals surface area contributed by atoms with Gasteiger partial charge in [-0.3, -0.25) is 14.4 Å². The molecule has 7 heteroatoms. The van der Waals surface area contributed by atoms with E-state index in [-0.39, 0.29) is 11.3 Å². The molecule has 0 unspecified atom stereocenters. The van der Waals surface area contributed by atoms with Gasteiger partial charge in [0.25, 0.3) is 5.91 Å². The van der Waals surface area contributed by atoms with Crippen molar-refractivity contribution in [3.05, 3.63) is 28.2 Å². The lowest BCUT2D eigenvalue weighted by molar-refractivity contribution is -0.146. The molecule has 6 nitrogen and oxygen atoms in total. The largest absolute Gasteiger partial charge is 0.481 e. The van der Waals surface area contributed by atoms with E-state index in [4.69, 9.17) is 5.73 Å². The van der Waals surface area contributed by atoms with Crippen molar-refractivity contribution in [3.8, 4) is 0 Å². The number of nitrogens with two attached hydrogens (primary N) is 1. The maximum Gasteiger partial charge on any atom is 0.307 e. The number of anilines is 1. The molecule has 3 rings (SSSR count). The Balaban J connectivity index is 1.87. The third-order valence-electron chi connectivity index (χ3n) is 6.85. The van der Waals surface area contributed by atoms with Gasteiger partial charge in [-0.1, -0.05) is 39.3 Å². The molecular weight excluding hydrogens is 388 g/mol. The summed E-state index contributed by atoms with van der Waals surface area (Å²) in [7, 11) is 0. The summed E-state index contributed by atoms with van der Waals surface area (Å²) in [6, 6.07) is 0. The average Bonchev–Trinajstić information content (AvgIpc) is 3.04. The number of amides is 2. The average molecular weight is 419 g/mol. The molecule has 0 saturated heterocycles. The number of thiophene rings is 1. The number of primary amides is 1. The summed E-state index contributed by atoms with van der Waals surface area (Å²) in [6.45, 7) is 6.75. The maximum atomic E-state index is 12.9. The van der Waals surface area contributed by atoms with Crippen LogP contribution in [0.25, 0.3) is 0 Å². The summed E-state index contributed by atoms with van der Waals surface area (Å²) in [6.07, 6.45) is 8.09. The van der Waals surface area contributed by atoms with Gasteiger partial charge in [0.1, 0.15) is 5.00 Å². The SMILES string of the molecule is CCC(C)(C)[C@@H]1CCc2c(sc(NC(=O)[C@H]3CC=CC[C@@H]3C(=O)O)c2C(N)=O)C1. The Labute approximate surface area is 175 Å². The lowest BCUT2D eigenvalue weighted by Gasteiger charge is -2.36.